The summed E-state index contributed by atoms with van der Waals surface area (Å²) in [6.45, 7) is 15.6. The molecule has 2 aliphatic rings. The lowest BCUT2D eigenvalue weighted by molar-refractivity contribution is -0.393. The van der Waals surface area contributed by atoms with Gasteiger partial charge in [-0.15, -0.1) is 0 Å². The summed E-state index contributed by atoms with van der Waals surface area (Å²) in [4.78, 5) is 57.5. The highest BCUT2D eigenvalue weighted by Crippen LogP contribution is 2.41. The summed E-state index contributed by atoms with van der Waals surface area (Å²) in [5.41, 5.74) is -3.54. The Bertz CT molecular complexity index is 1770. The van der Waals surface area contributed by atoms with Gasteiger partial charge in [0, 0.05) is 33.0 Å². The number of hydrogen-bond acceptors (Lipinski definition) is 17. The van der Waals surface area contributed by atoms with Gasteiger partial charge in [0.2, 0.25) is 0 Å². The number of hydrogen-bond donors (Lipinski definition) is 2. The molecule has 0 saturated carbocycles. The van der Waals surface area contributed by atoms with Crippen molar-refractivity contribution in [3.8, 4) is 0 Å². The van der Waals surface area contributed by atoms with Crippen molar-refractivity contribution in [1.29, 1.82) is 0 Å². The predicted octanol–water partition coefficient (Wildman–Crippen LogP) is 6.19. The van der Waals surface area contributed by atoms with E-state index in [1.54, 1.807) is 95.3 Å². The maximum atomic E-state index is 13.7. The number of methoxy groups -OCH3 is 2. The van der Waals surface area contributed by atoms with Crippen molar-refractivity contribution in [3.05, 3.63) is 71.8 Å². The molecule has 16 atom stereocenters. The third kappa shape index (κ3) is 13.8. The minimum atomic E-state index is -1.88. The van der Waals surface area contributed by atoms with Gasteiger partial charge in [-0.25, -0.2) is 24.3 Å². The first-order valence-electron chi connectivity index (χ1n) is 22.4. The Morgan fingerprint density at radius 2 is 1.51 bits per heavy atom. The quantitative estimate of drug-likeness (QED) is 0.0523. The van der Waals surface area contributed by atoms with E-state index in [1.807, 2.05) is 39.8 Å². The van der Waals surface area contributed by atoms with E-state index in [1.165, 1.54) is 21.1 Å². The molecule has 17 heteroatoms. The van der Waals surface area contributed by atoms with Crippen LogP contribution < -0.4 is 0 Å². The van der Waals surface area contributed by atoms with Gasteiger partial charge in [-0.3, -0.25) is 5.26 Å². The average molecular weight is 920 g/mol. The Labute approximate surface area is 384 Å². The van der Waals surface area contributed by atoms with E-state index in [0.717, 1.165) is 0 Å². The van der Waals surface area contributed by atoms with Crippen molar-refractivity contribution >= 4 is 18.2 Å². The number of carbonyl (C=O) groups excluding carboxylic acids is 3. The van der Waals surface area contributed by atoms with Crippen LogP contribution in [0.5, 0.6) is 0 Å². The minimum Gasteiger partial charge on any atom is -0.453 e. The van der Waals surface area contributed by atoms with Crippen molar-refractivity contribution in [2.45, 2.75) is 178 Å². The number of ether oxygens (including phenoxy) is 8. The molecule has 0 aromatic heterocycles. The molecule has 2 fully saturated rings. The van der Waals surface area contributed by atoms with Crippen molar-refractivity contribution in [2.75, 3.05) is 28.3 Å². The molecule has 65 heavy (non-hydrogen) atoms. The summed E-state index contributed by atoms with van der Waals surface area (Å²) in [6, 6.07) is 16.9. The Balaban J connectivity index is 1.79. The standard InChI is InChI=1S/C48H73NO16/c1-14-37(46(7,53)28-50)65-64-32(5)39(59-38-27-48(9,56-13)42(33(6)58-38)61-44(52)35-23-19-16-20-24-35)31(4)41(47(8,55-12)26-30(3)63-54)62-45-40(36(49(10)11)25-29(2)57-45)60-43(51)34-21-17-15-18-22-34/h15-24,28-33,36-42,45,53-54H,14,25-27H2,1-13H3/t29-,30-,31+,32-,33+,36+,37-,38-,39+,40-,41-,42+,45+,46+,47-,48-/m1/s1. The van der Waals surface area contributed by atoms with E-state index in [4.69, 9.17) is 52.6 Å². The minimum absolute atomic E-state index is 0.0859. The van der Waals surface area contributed by atoms with E-state index in [2.05, 4.69) is 0 Å². The molecule has 2 N–H and O–H groups in total. The fourth-order valence-electron chi connectivity index (χ4n) is 8.86. The van der Waals surface area contributed by atoms with Gasteiger partial charge >= 0.3 is 11.9 Å². The monoisotopic (exact) mass is 919 g/mol. The summed E-state index contributed by atoms with van der Waals surface area (Å²) in [5.74, 6) is -1.87. The first kappa shape index (κ1) is 54.2. The third-order valence-corrected chi connectivity index (χ3v) is 12.8. The molecule has 2 aliphatic heterocycles. The normalized spacial score (nSPS) is 29.6. The topological polar surface area (TPSA) is 196 Å². The molecule has 0 spiro atoms. The van der Waals surface area contributed by atoms with E-state index >= 15 is 0 Å². The molecule has 0 aliphatic carbocycles. The van der Waals surface area contributed by atoms with Gasteiger partial charge in [0.15, 0.2) is 31.1 Å². The van der Waals surface area contributed by atoms with Gasteiger partial charge in [-0.1, -0.05) is 50.2 Å². The molecule has 17 nitrogen and oxygen atoms in total. The lowest BCUT2D eigenvalue weighted by atomic mass is 9.80. The van der Waals surface area contributed by atoms with Crippen molar-refractivity contribution in [2.24, 2.45) is 5.92 Å². The van der Waals surface area contributed by atoms with Gasteiger partial charge in [-0.05, 0) is 99.7 Å². The van der Waals surface area contributed by atoms with Gasteiger partial charge in [0.1, 0.15) is 23.4 Å². The molecule has 2 saturated heterocycles. The highest BCUT2D eigenvalue weighted by Gasteiger charge is 2.53. The number of benzene rings is 2. The summed E-state index contributed by atoms with van der Waals surface area (Å²) in [7, 11) is 6.81. The van der Waals surface area contributed by atoms with Crippen LogP contribution >= 0.6 is 0 Å². The number of rotatable bonds is 24. The molecule has 4 rings (SSSR count). The number of likely N-dealkylation sites (N-methyl/N-ethyl adjacent to an activating group) is 1. The van der Waals surface area contributed by atoms with Crippen molar-refractivity contribution < 1.29 is 77.3 Å². The van der Waals surface area contributed by atoms with E-state index in [-0.39, 0.29) is 31.4 Å². The van der Waals surface area contributed by atoms with Crippen LogP contribution in [-0.2, 0) is 57.4 Å². The Morgan fingerprint density at radius 1 is 0.923 bits per heavy atom. The molecular formula is C48H73NO16. The second-order valence-corrected chi connectivity index (χ2v) is 18.3. The lowest BCUT2D eigenvalue weighted by Gasteiger charge is -2.50. The summed E-state index contributed by atoms with van der Waals surface area (Å²) >= 11 is 0. The van der Waals surface area contributed by atoms with Crippen LogP contribution in [0.2, 0.25) is 0 Å². The molecule has 2 aromatic rings. The lowest BCUT2D eigenvalue weighted by Crippen LogP contribution is -2.62. The second kappa shape index (κ2) is 24.0. The molecule has 2 heterocycles. The zero-order valence-corrected chi connectivity index (χ0v) is 40.2. The Hall–Kier alpha value is -3.43. The van der Waals surface area contributed by atoms with E-state index in [0.29, 0.717) is 23.8 Å². The van der Waals surface area contributed by atoms with Gasteiger partial charge in [0.25, 0.3) is 0 Å². The molecule has 0 unspecified atom stereocenters. The second-order valence-electron chi connectivity index (χ2n) is 18.3. The van der Waals surface area contributed by atoms with E-state index in [9.17, 15) is 24.7 Å². The number of aldehydes is 1. The number of nitrogens with zero attached hydrogens (tertiary/aromatic N) is 1. The van der Waals surface area contributed by atoms with Crippen LogP contribution in [0.1, 0.15) is 109 Å². The maximum absolute atomic E-state index is 13.7. The van der Waals surface area contributed by atoms with Gasteiger partial charge in [-0.2, -0.15) is 0 Å². The largest absolute Gasteiger partial charge is 0.453 e. The molecule has 0 radical (unpaired) electrons. The number of carbonyl (C=O) groups is 3. The Kier molecular flexibility index (Phi) is 20.0. The molecular weight excluding hydrogens is 847 g/mol. The highest BCUT2D eigenvalue weighted by atomic mass is 17.2. The molecule has 0 amide bonds. The summed E-state index contributed by atoms with van der Waals surface area (Å²) < 4.78 is 51.7. The van der Waals surface area contributed by atoms with Crippen molar-refractivity contribution in [1.82, 2.24) is 4.90 Å². The zero-order valence-electron chi connectivity index (χ0n) is 40.2. The van der Waals surface area contributed by atoms with Crippen LogP contribution in [0.15, 0.2) is 60.7 Å². The van der Waals surface area contributed by atoms with Crippen LogP contribution in [-0.4, -0.2) is 152 Å². The molecule has 0 bridgehead atoms. The van der Waals surface area contributed by atoms with Crippen LogP contribution in [0, 0.1) is 5.92 Å². The number of esters is 2. The first-order chi connectivity index (χ1) is 30.7. The summed E-state index contributed by atoms with van der Waals surface area (Å²) in [6.07, 6.45) is -8.54. The fourth-order valence-corrected chi connectivity index (χ4v) is 8.86. The van der Waals surface area contributed by atoms with Gasteiger partial charge in [0.05, 0.1) is 53.3 Å². The first-order valence-corrected chi connectivity index (χ1v) is 22.4. The molecule has 366 valence electrons. The van der Waals surface area contributed by atoms with E-state index < -0.39 is 96.1 Å². The predicted molar refractivity (Wildman–Crippen MR) is 237 cm³/mol. The van der Waals surface area contributed by atoms with Crippen LogP contribution in [0.25, 0.3) is 0 Å². The van der Waals surface area contributed by atoms with Crippen molar-refractivity contribution in [3.63, 3.8) is 0 Å². The number of aliphatic hydroxyl groups is 1. The smallest absolute Gasteiger partial charge is 0.338 e. The van der Waals surface area contributed by atoms with Crippen LogP contribution in [0.3, 0.4) is 0 Å². The molecule has 2 aromatic carbocycles. The zero-order chi connectivity index (χ0) is 48.3. The Morgan fingerprint density at radius 3 is 2.02 bits per heavy atom. The maximum Gasteiger partial charge on any atom is 0.338 e. The highest BCUT2D eigenvalue weighted by molar-refractivity contribution is 5.90. The van der Waals surface area contributed by atoms with Gasteiger partial charge < -0.3 is 52.7 Å². The fraction of sp³-hybridized carbons (Fsp3) is 0.688. The third-order valence-electron chi connectivity index (χ3n) is 12.8. The van der Waals surface area contributed by atoms with Crippen LogP contribution in [0.4, 0.5) is 0 Å². The summed E-state index contributed by atoms with van der Waals surface area (Å²) in [5, 5.41) is 20.7. The SMILES string of the molecule is CC[C@@H](OO[C@H](C)[C@@H](O[C@@H]1C[C@@](C)(OC)[C@@H](OC(=O)c2ccccc2)[C@H](C)O1)[C@H](C)[C@@H](O[C@@H]1O[C@H](C)C[C@H](N(C)C)[C@H]1OC(=O)c1ccccc1)[C@@](C)(C[C@@H](C)OO)OC)[C@@](C)(O)C=O. The average Bonchev–Trinajstić information content (AvgIpc) is 3.29.